The fraction of sp³-hybridized carbons (Fsp3) is 0.333. The minimum Gasteiger partial charge on any atom is -0.448 e. The summed E-state index contributed by atoms with van der Waals surface area (Å²) in [5.74, 6) is -1.16. The van der Waals surface area contributed by atoms with Gasteiger partial charge in [-0.25, -0.2) is 13.2 Å². The van der Waals surface area contributed by atoms with Crippen LogP contribution in [-0.2, 0) is 24.3 Å². The summed E-state index contributed by atoms with van der Waals surface area (Å²) in [4.78, 5) is 26.9. The summed E-state index contributed by atoms with van der Waals surface area (Å²) in [5, 5.41) is 2.60. The number of amides is 1. The molecule has 2 N–H and O–H groups in total. The molecule has 150 valence electrons. The lowest BCUT2D eigenvalue weighted by molar-refractivity contribution is -0.123. The third kappa shape index (κ3) is 4.58. The highest BCUT2D eigenvalue weighted by Crippen LogP contribution is 2.19. The first-order valence-corrected chi connectivity index (χ1v) is 10.1. The molecular formula is C18H21N3O6S. The van der Waals surface area contributed by atoms with E-state index in [0.717, 1.165) is 0 Å². The average Bonchev–Trinajstić information content (AvgIpc) is 3.24. The first kappa shape index (κ1) is 20.1. The summed E-state index contributed by atoms with van der Waals surface area (Å²) >= 11 is 0. The lowest BCUT2D eigenvalue weighted by Gasteiger charge is -2.26. The number of esters is 1. The van der Waals surface area contributed by atoms with Crippen molar-refractivity contribution >= 4 is 27.6 Å². The Balaban J connectivity index is 1.60. The second-order valence-electron chi connectivity index (χ2n) is 6.16. The molecule has 3 rings (SSSR count). The normalized spacial score (nSPS) is 16.3. The maximum Gasteiger partial charge on any atom is 0.355 e. The molecule has 0 radical (unpaired) electrons. The number of hydrogen-bond acceptors (Lipinski definition) is 6. The van der Waals surface area contributed by atoms with Gasteiger partial charge in [-0.1, -0.05) is 0 Å². The Morgan fingerprint density at radius 1 is 1.18 bits per heavy atom. The number of rotatable bonds is 6. The van der Waals surface area contributed by atoms with Gasteiger partial charge in [-0.15, -0.1) is 0 Å². The van der Waals surface area contributed by atoms with Gasteiger partial charge in [0, 0.05) is 25.0 Å². The van der Waals surface area contributed by atoms with E-state index < -0.39 is 28.0 Å². The van der Waals surface area contributed by atoms with Crippen LogP contribution in [0.4, 0.5) is 5.69 Å². The van der Waals surface area contributed by atoms with Crippen LogP contribution in [0.2, 0.25) is 0 Å². The SMILES string of the molecule is C[C@H](OC(=O)c1ccc[nH]1)C(=O)Nc1ccc(S(=O)(=O)N2CCOCC2)cc1. The van der Waals surface area contributed by atoms with Crippen LogP contribution in [0.1, 0.15) is 17.4 Å². The first-order valence-electron chi connectivity index (χ1n) is 8.71. The molecule has 10 heteroatoms. The molecule has 1 aliphatic rings. The zero-order valence-corrected chi connectivity index (χ0v) is 16.1. The van der Waals surface area contributed by atoms with Gasteiger partial charge >= 0.3 is 5.97 Å². The molecule has 1 amide bonds. The number of nitrogens with one attached hydrogen (secondary N) is 2. The minimum atomic E-state index is -3.60. The van der Waals surface area contributed by atoms with Crippen molar-refractivity contribution < 1.29 is 27.5 Å². The molecule has 2 aromatic rings. The molecule has 2 heterocycles. The fourth-order valence-electron chi connectivity index (χ4n) is 2.63. The topological polar surface area (TPSA) is 118 Å². The Morgan fingerprint density at radius 2 is 1.86 bits per heavy atom. The van der Waals surface area contributed by atoms with E-state index in [4.69, 9.17) is 9.47 Å². The Labute approximate surface area is 162 Å². The summed E-state index contributed by atoms with van der Waals surface area (Å²) in [6, 6.07) is 9.02. The predicted molar refractivity (Wildman–Crippen MR) is 100 cm³/mol. The molecule has 0 spiro atoms. The summed E-state index contributed by atoms with van der Waals surface area (Å²) in [6.07, 6.45) is 0.556. The van der Waals surface area contributed by atoms with Crippen molar-refractivity contribution in [2.24, 2.45) is 0 Å². The quantitative estimate of drug-likeness (QED) is 0.695. The lowest BCUT2D eigenvalue weighted by atomic mass is 10.3. The predicted octanol–water partition coefficient (Wildman–Crippen LogP) is 1.22. The van der Waals surface area contributed by atoms with E-state index in [1.54, 1.807) is 18.3 Å². The van der Waals surface area contributed by atoms with Gasteiger partial charge in [-0.2, -0.15) is 4.31 Å². The molecule has 0 aliphatic carbocycles. The highest BCUT2D eigenvalue weighted by molar-refractivity contribution is 7.89. The molecule has 1 fully saturated rings. The fourth-order valence-corrected chi connectivity index (χ4v) is 4.03. The number of H-pyrrole nitrogens is 1. The van der Waals surface area contributed by atoms with Crippen molar-refractivity contribution in [3.05, 3.63) is 48.3 Å². The van der Waals surface area contributed by atoms with E-state index in [1.807, 2.05) is 0 Å². The number of morpholine rings is 1. The van der Waals surface area contributed by atoms with Crippen molar-refractivity contribution in [2.75, 3.05) is 31.6 Å². The maximum absolute atomic E-state index is 12.6. The Morgan fingerprint density at radius 3 is 2.46 bits per heavy atom. The number of sulfonamides is 1. The number of nitrogens with zero attached hydrogens (tertiary/aromatic N) is 1. The lowest BCUT2D eigenvalue weighted by Crippen LogP contribution is -2.40. The van der Waals surface area contributed by atoms with E-state index in [1.165, 1.54) is 35.5 Å². The molecule has 1 aliphatic heterocycles. The van der Waals surface area contributed by atoms with Gasteiger partial charge in [0.05, 0.1) is 18.1 Å². The summed E-state index contributed by atoms with van der Waals surface area (Å²) in [7, 11) is -3.60. The van der Waals surface area contributed by atoms with Crippen LogP contribution in [0.3, 0.4) is 0 Å². The molecule has 1 aromatic heterocycles. The molecule has 0 bridgehead atoms. The van der Waals surface area contributed by atoms with Crippen LogP contribution in [-0.4, -0.2) is 62.0 Å². The van der Waals surface area contributed by atoms with Crippen LogP contribution in [0.5, 0.6) is 0 Å². The van der Waals surface area contributed by atoms with Gasteiger partial charge in [0.1, 0.15) is 5.69 Å². The molecule has 28 heavy (non-hydrogen) atoms. The van der Waals surface area contributed by atoms with Gasteiger partial charge < -0.3 is 19.8 Å². The second kappa shape index (κ2) is 8.55. The molecular weight excluding hydrogens is 386 g/mol. The van der Waals surface area contributed by atoms with Gasteiger partial charge in [0.15, 0.2) is 6.10 Å². The molecule has 1 saturated heterocycles. The number of anilines is 1. The number of carbonyl (C=O) groups is 2. The van der Waals surface area contributed by atoms with Crippen LogP contribution in [0.15, 0.2) is 47.5 Å². The van der Waals surface area contributed by atoms with Crippen LogP contribution < -0.4 is 5.32 Å². The van der Waals surface area contributed by atoms with Crippen molar-refractivity contribution in [3.8, 4) is 0 Å². The monoisotopic (exact) mass is 407 g/mol. The smallest absolute Gasteiger partial charge is 0.355 e. The van der Waals surface area contributed by atoms with Gasteiger partial charge in [0.2, 0.25) is 10.0 Å². The van der Waals surface area contributed by atoms with E-state index in [2.05, 4.69) is 10.3 Å². The Bertz CT molecular complexity index is 919. The zero-order chi connectivity index (χ0) is 20.1. The van der Waals surface area contributed by atoms with Crippen LogP contribution >= 0.6 is 0 Å². The van der Waals surface area contributed by atoms with Gasteiger partial charge in [-0.05, 0) is 43.3 Å². The standard InChI is InChI=1S/C18H21N3O6S/c1-13(27-18(23)16-3-2-8-19-16)17(22)20-14-4-6-15(7-5-14)28(24,25)21-9-11-26-12-10-21/h2-8,13,19H,9-12H2,1H3,(H,20,22)/t13-/m0/s1. The van der Waals surface area contributed by atoms with Crippen molar-refractivity contribution in [1.82, 2.24) is 9.29 Å². The number of benzene rings is 1. The summed E-state index contributed by atoms with van der Waals surface area (Å²) < 4.78 is 36.8. The van der Waals surface area contributed by atoms with E-state index in [0.29, 0.717) is 32.0 Å². The van der Waals surface area contributed by atoms with Crippen molar-refractivity contribution in [1.29, 1.82) is 0 Å². The van der Waals surface area contributed by atoms with Gasteiger partial charge in [0.25, 0.3) is 5.91 Å². The van der Waals surface area contributed by atoms with E-state index in [-0.39, 0.29) is 10.6 Å². The molecule has 0 unspecified atom stereocenters. The summed E-state index contributed by atoms with van der Waals surface area (Å²) in [6.45, 7) is 2.81. The largest absolute Gasteiger partial charge is 0.448 e. The molecule has 1 aromatic carbocycles. The number of hydrogen-bond donors (Lipinski definition) is 2. The average molecular weight is 407 g/mol. The summed E-state index contributed by atoms with van der Waals surface area (Å²) in [5.41, 5.74) is 0.644. The third-order valence-corrected chi connectivity index (χ3v) is 6.11. The van der Waals surface area contributed by atoms with Crippen LogP contribution in [0.25, 0.3) is 0 Å². The number of ether oxygens (including phenoxy) is 2. The van der Waals surface area contributed by atoms with Crippen molar-refractivity contribution in [3.63, 3.8) is 0 Å². The maximum atomic E-state index is 12.6. The Kier molecular flexibility index (Phi) is 6.12. The Hall–Kier alpha value is -2.69. The second-order valence-corrected chi connectivity index (χ2v) is 8.10. The van der Waals surface area contributed by atoms with E-state index >= 15 is 0 Å². The first-order chi connectivity index (χ1) is 13.4. The van der Waals surface area contributed by atoms with Crippen molar-refractivity contribution in [2.45, 2.75) is 17.9 Å². The highest BCUT2D eigenvalue weighted by Gasteiger charge is 2.26. The number of aromatic amines is 1. The van der Waals surface area contributed by atoms with Crippen LogP contribution in [0, 0.1) is 0 Å². The minimum absolute atomic E-state index is 0.138. The van der Waals surface area contributed by atoms with E-state index in [9.17, 15) is 18.0 Å². The molecule has 1 atom stereocenters. The number of aromatic nitrogens is 1. The molecule has 0 saturated carbocycles. The number of carbonyl (C=O) groups excluding carboxylic acids is 2. The zero-order valence-electron chi connectivity index (χ0n) is 15.3. The third-order valence-electron chi connectivity index (χ3n) is 4.20. The molecule has 9 nitrogen and oxygen atoms in total. The highest BCUT2D eigenvalue weighted by atomic mass is 32.2. The van der Waals surface area contributed by atoms with Gasteiger partial charge in [-0.3, -0.25) is 4.79 Å².